The number of carbonyl (C=O) groups excluding carboxylic acids is 2. The zero-order valence-corrected chi connectivity index (χ0v) is 12.0. The van der Waals surface area contributed by atoms with E-state index in [9.17, 15) is 9.59 Å². The van der Waals surface area contributed by atoms with Crippen molar-refractivity contribution in [3.05, 3.63) is 11.6 Å². The lowest BCUT2D eigenvalue weighted by molar-refractivity contribution is 0.0561. The summed E-state index contributed by atoms with van der Waals surface area (Å²) >= 11 is 0. The summed E-state index contributed by atoms with van der Waals surface area (Å²) in [6.45, 7) is 4.04. The Morgan fingerprint density at radius 1 is 1.24 bits per heavy atom. The molecule has 3 rings (SSSR count). The van der Waals surface area contributed by atoms with Gasteiger partial charge in [-0.3, -0.25) is 9.89 Å². The van der Waals surface area contributed by atoms with Crippen molar-refractivity contribution in [1.82, 2.24) is 25.0 Å². The van der Waals surface area contributed by atoms with E-state index in [1.807, 2.05) is 0 Å². The van der Waals surface area contributed by atoms with Crippen molar-refractivity contribution >= 4 is 12.0 Å². The summed E-state index contributed by atoms with van der Waals surface area (Å²) in [5.41, 5.74) is 0. The van der Waals surface area contributed by atoms with E-state index < -0.39 is 0 Å². The molecule has 1 aliphatic carbocycles. The molecule has 2 amide bonds. The number of H-pyrrole nitrogens is 1. The summed E-state index contributed by atoms with van der Waals surface area (Å²) in [5, 5.41) is 6.84. The van der Waals surface area contributed by atoms with Crippen LogP contribution in [-0.2, 0) is 4.74 Å². The Hall–Kier alpha value is -2.12. The van der Waals surface area contributed by atoms with Crippen LogP contribution in [0.1, 0.15) is 42.1 Å². The molecule has 0 unspecified atom stereocenters. The van der Waals surface area contributed by atoms with Gasteiger partial charge in [0.15, 0.2) is 0 Å². The van der Waals surface area contributed by atoms with E-state index in [0.29, 0.717) is 38.7 Å². The number of hydrogen-bond acceptors (Lipinski definition) is 5. The minimum atomic E-state index is -0.321. The first-order valence-corrected chi connectivity index (χ1v) is 7.32. The Labute approximate surface area is 122 Å². The van der Waals surface area contributed by atoms with Crippen LogP contribution in [0.3, 0.4) is 0 Å². The van der Waals surface area contributed by atoms with Crippen LogP contribution in [0.25, 0.3) is 0 Å². The van der Waals surface area contributed by atoms with E-state index in [1.54, 1.807) is 16.7 Å². The standard InChI is InChI=1S/C13H19N5O3/c1-2-21-13(20)18-7-5-17(6-8-18)12(19)11-14-10(15-16-11)9-3-4-9/h9H,2-8H2,1H3,(H,14,15,16). The van der Waals surface area contributed by atoms with Crippen LogP contribution >= 0.6 is 0 Å². The van der Waals surface area contributed by atoms with Gasteiger partial charge in [0, 0.05) is 32.1 Å². The summed E-state index contributed by atoms with van der Waals surface area (Å²) in [6.07, 6.45) is 1.90. The topological polar surface area (TPSA) is 91.4 Å². The lowest BCUT2D eigenvalue weighted by Crippen LogP contribution is -2.50. The highest BCUT2D eigenvalue weighted by atomic mass is 16.6. The van der Waals surface area contributed by atoms with E-state index in [2.05, 4.69) is 15.2 Å². The monoisotopic (exact) mass is 293 g/mol. The van der Waals surface area contributed by atoms with Gasteiger partial charge in [-0.15, -0.1) is 5.10 Å². The van der Waals surface area contributed by atoms with Gasteiger partial charge in [-0.05, 0) is 19.8 Å². The Kier molecular flexibility index (Phi) is 3.76. The average Bonchev–Trinajstić information content (AvgIpc) is 3.24. The van der Waals surface area contributed by atoms with Crippen molar-refractivity contribution in [1.29, 1.82) is 0 Å². The number of aromatic nitrogens is 3. The third-order valence-corrected chi connectivity index (χ3v) is 3.75. The third-order valence-electron chi connectivity index (χ3n) is 3.75. The number of nitrogens with zero attached hydrogens (tertiary/aromatic N) is 4. The summed E-state index contributed by atoms with van der Waals surface area (Å²) in [7, 11) is 0. The largest absolute Gasteiger partial charge is 0.450 e. The number of rotatable bonds is 3. The smallest absolute Gasteiger partial charge is 0.409 e. The van der Waals surface area contributed by atoms with E-state index in [1.165, 1.54) is 0 Å². The zero-order chi connectivity index (χ0) is 14.8. The fraction of sp³-hybridized carbons (Fsp3) is 0.692. The molecule has 2 aliphatic rings. The fourth-order valence-corrected chi connectivity index (χ4v) is 2.36. The summed E-state index contributed by atoms with van der Waals surface area (Å²) in [4.78, 5) is 31.5. The van der Waals surface area contributed by atoms with Gasteiger partial charge in [0.1, 0.15) is 5.82 Å². The van der Waals surface area contributed by atoms with Crippen molar-refractivity contribution in [3.63, 3.8) is 0 Å². The Morgan fingerprint density at radius 2 is 1.90 bits per heavy atom. The molecule has 1 aromatic heterocycles. The molecular formula is C13H19N5O3. The van der Waals surface area contributed by atoms with Crippen molar-refractivity contribution in [3.8, 4) is 0 Å². The number of carbonyl (C=O) groups is 2. The molecule has 8 nitrogen and oxygen atoms in total. The molecule has 8 heteroatoms. The van der Waals surface area contributed by atoms with Gasteiger partial charge in [-0.25, -0.2) is 9.78 Å². The lowest BCUT2D eigenvalue weighted by Gasteiger charge is -2.33. The molecule has 0 spiro atoms. The van der Waals surface area contributed by atoms with Gasteiger partial charge in [-0.1, -0.05) is 0 Å². The van der Waals surface area contributed by atoms with Crippen LogP contribution in [0.15, 0.2) is 0 Å². The van der Waals surface area contributed by atoms with Gasteiger partial charge in [0.25, 0.3) is 5.91 Å². The molecular weight excluding hydrogens is 274 g/mol. The van der Waals surface area contributed by atoms with Crippen LogP contribution in [0.2, 0.25) is 0 Å². The SMILES string of the molecule is CCOC(=O)N1CCN(C(=O)c2n[nH]c(C3CC3)n2)CC1. The summed E-state index contributed by atoms with van der Waals surface area (Å²) < 4.78 is 4.95. The summed E-state index contributed by atoms with van der Waals surface area (Å²) in [6, 6.07) is 0. The zero-order valence-electron chi connectivity index (χ0n) is 12.0. The predicted molar refractivity (Wildman–Crippen MR) is 72.9 cm³/mol. The predicted octanol–water partition coefficient (Wildman–Crippen LogP) is 0.596. The maximum absolute atomic E-state index is 12.3. The number of nitrogens with one attached hydrogen (secondary N) is 1. The van der Waals surface area contributed by atoms with E-state index >= 15 is 0 Å². The Morgan fingerprint density at radius 3 is 2.52 bits per heavy atom. The fourth-order valence-electron chi connectivity index (χ4n) is 2.36. The second kappa shape index (κ2) is 5.71. The molecule has 0 atom stereocenters. The molecule has 2 fully saturated rings. The van der Waals surface area contributed by atoms with E-state index in [-0.39, 0.29) is 17.8 Å². The summed E-state index contributed by atoms with van der Waals surface area (Å²) in [5.74, 6) is 1.30. The van der Waals surface area contributed by atoms with Crippen molar-refractivity contribution in [2.45, 2.75) is 25.7 Å². The highest BCUT2D eigenvalue weighted by Crippen LogP contribution is 2.37. The van der Waals surface area contributed by atoms with Crippen molar-refractivity contribution in [2.24, 2.45) is 0 Å². The highest BCUT2D eigenvalue weighted by Gasteiger charge is 2.31. The van der Waals surface area contributed by atoms with Crippen molar-refractivity contribution < 1.29 is 14.3 Å². The molecule has 1 N–H and O–H groups in total. The first-order chi connectivity index (χ1) is 10.2. The molecule has 2 heterocycles. The third kappa shape index (κ3) is 2.98. The highest BCUT2D eigenvalue weighted by molar-refractivity contribution is 5.90. The molecule has 0 aromatic carbocycles. The second-order valence-corrected chi connectivity index (χ2v) is 5.30. The van der Waals surface area contributed by atoms with Gasteiger partial charge < -0.3 is 14.5 Å². The second-order valence-electron chi connectivity index (χ2n) is 5.30. The van der Waals surface area contributed by atoms with E-state index in [4.69, 9.17) is 4.74 Å². The van der Waals surface area contributed by atoms with Gasteiger partial charge in [-0.2, -0.15) is 0 Å². The lowest BCUT2D eigenvalue weighted by atomic mass is 10.3. The molecule has 21 heavy (non-hydrogen) atoms. The Bertz CT molecular complexity index is 532. The molecule has 1 aliphatic heterocycles. The van der Waals surface area contributed by atoms with E-state index in [0.717, 1.165) is 18.7 Å². The normalized spacial score (nSPS) is 18.7. The molecule has 1 saturated carbocycles. The van der Waals surface area contributed by atoms with Crippen LogP contribution < -0.4 is 0 Å². The molecule has 1 saturated heterocycles. The molecule has 1 aromatic rings. The van der Waals surface area contributed by atoms with Gasteiger partial charge in [0.05, 0.1) is 6.61 Å². The van der Waals surface area contributed by atoms with Crippen LogP contribution in [0.5, 0.6) is 0 Å². The maximum Gasteiger partial charge on any atom is 0.409 e. The molecule has 0 radical (unpaired) electrons. The first kappa shape index (κ1) is 13.8. The number of amides is 2. The minimum absolute atomic E-state index is 0.179. The first-order valence-electron chi connectivity index (χ1n) is 7.32. The molecule has 114 valence electrons. The number of ether oxygens (including phenoxy) is 1. The van der Waals surface area contributed by atoms with Crippen LogP contribution in [0, 0.1) is 0 Å². The van der Waals surface area contributed by atoms with Gasteiger partial charge in [0.2, 0.25) is 5.82 Å². The average molecular weight is 293 g/mol. The quantitative estimate of drug-likeness (QED) is 0.881. The Balaban J connectivity index is 1.55. The number of hydrogen-bond donors (Lipinski definition) is 1. The van der Waals surface area contributed by atoms with Crippen molar-refractivity contribution in [2.75, 3.05) is 32.8 Å². The van der Waals surface area contributed by atoms with Crippen LogP contribution in [-0.4, -0.2) is 69.8 Å². The maximum atomic E-state index is 12.3. The van der Waals surface area contributed by atoms with Crippen LogP contribution in [0.4, 0.5) is 4.79 Å². The number of piperazine rings is 1. The minimum Gasteiger partial charge on any atom is -0.450 e. The van der Waals surface area contributed by atoms with Gasteiger partial charge >= 0.3 is 6.09 Å². The number of aromatic amines is 1. The molecule has 0 bridgehead atoms.